The fourth-order valence-electron chi connectivity index (χ4n) is 0.669. The van der Waals surface area contributed by atoms with Crippen molar-refractivity contribution >= 4 is 27.7 Å². The molecule has 1 aliphatic rings. The lowest BCUT2D eigenvalue weighted by molar-refractivity contribution is 0.150. The summed E-state index contributed by atoms with van der Waals surface area (Å²) in [4.78, 5) is 10.5. The van der Waals surface area contributed by atoms with Gasteiger partial charge in [0, 0.05) is 5.75 Å². The molecule has 1 amide bonds. The number of hydrogen-bond donors (Lipinski definition) is 1. The molecule has 1 fully saturated rings. The van der Waals surface area contributed by atoms with Gasteiger partial charge in [0.1, 0.15) is 6.10 Å². The van der Waals surface area contributed by atoms with Gasteiger partial charge in [-0.3, -0.25) is 0 Å². The maximum absolute atomic E-state index is 10.5. The predicted molar refractivity (Wildman–Crippen MR) is 44.2 cm³/mol. The van der Waals surface area contributed by atoms with Crippen molar-refractivity contribution in [2.75, 3.05) is 18.6 Å². The molecule has 58 valence electrons. The van der Waals surface area contributed by atoms with Gasteiger partial charge in [-0.25, -0.2) is 4.79 Å². The van der Waals surface area contributed by atoms with Gasteiger partial charge in [0.2, 0.25) is 0 Å². The Bertz CT molecular complexity index is 131. The zero-order chi connectivity index (χ0) is 7.40. The van der Waals surface area contributed by atoms with Crippen LogP contribution >= 0.6 is 21.6 Å². The summed E-state index contributed by atoms with van der Waals surface area (Å²) in [5.41, 5.74) is 0. The Kier molecular flexibility index (Phi) is 3.21. The first-order chi connectivity index (χ1) is 4.83. The van der Waals surface area contributed by atoms with Crippen LogP contribution in [0.4, 0.5) is 4.79 Å². The van der Waals surface area contributed by atoms with Crippen LogP contribution in [0.25, 0.3) is 0 Å². The van der Waals surface area contributed by atoms with Crippen molar-refractivity contribution in [2.45, 2.75) is 6.10 Å². The zero-order valence-electron chi connectivity index (χ0n) is 5.62. The van der Waals surface area contributed by atoms with Gasteiger partial charge in [-0.1, -0.05) is 21.6 Å². The molecule has 0 aliphatic carbocycles. The van der Waals surface area contributed by atoms with Gasteiger partial charge in [-0.15, -0.1) is 0 Å². The third-order valence-corrected chi connectivity index (χ3v) is 2.98. The minimum Gasteiger partial charge on any atom is -0.443 e. The van der Waals surface area contributed by atoms with E-state index in [0.29, 0.717) is 6.54 Å². The monoisotopic (exact) mass is 179 g/mol. The smallest absolute Gasteiger partial charge is 0.407 e. The number of amides is 1. The largest absolute Gasteiger partial charge is 0.443 e. The van der Waals surface area contributed by atoms with Gasteiger partial charge in [0.05, 0.1) is 6.54 Å². The van der Waals surface area contributed by atoms with Crippen molar-refractivity contribution in [1.82, 2.24) is 5.32 Å². The molecule has 5 heteroatoms. The van der Waals surface area contributed by atoms with Crippen LogP contribution in [0.15, 0.2) is 0 Å². The molecule has 0 bridgehead atoms. The molecule has 1 heterocycles. The Labute approximate surface area is 67.7 Å². The molecule has 0 aromatic carbocycles. The number of nitrogens with one attached hydrogen (secondary N) is 1. The summed E-state index contributed by atoms with van der Waals surface area (Å²) in [5, 5.41) is 2.59. The normalized spacial score (nSPS) is 24.1. The average molecular weight is 179 g/mol. The number of carbonyl (C=O) groups is 1. The number of cyclic esters (lactones) is 1. The molecular weight excluding hydrogens is 170 g/mol. The molecule has 1 N–H and O–H groups in total. The summed E-state index contributed by atoms with van der Waals surface area (Å²) in [6.45, 7) is 0.659. The van der Waals surface area contributed by atoms with Crippen molar-refractivity contribution in [3.8, 4) is 0 Å². The molecule has 3 nitrogen and oxygen atoms in total. The molecule has 0 aromatic heterocycles. The lowest BCUT2D eigenvalue weighted by atomic mass is 10.4. The van der Waals surface area contributed by atoms with E-state index in [1.54, 1.807) is 21.6 Å². The second-order valence-electron chi connectivity index (χ2n) is 1.86. The molecule has 10 heavy (non-hydrogen) atoms. The third kappa shape index (κ3) is 2.30. The molecule has 1 unspecified atom stereocenters. The van der Waals surface area contributed by atoms with E-state index in [-0.39, 0.29) is 12.2 Å². The first kappa shape index (κ1) is 8.07. The van der Waals surface area contributed by atoms with Crippen molar-refractivity contribution in [3.05, 3.63) is 0 Å². The van der Waals surface area contributed by atoms with Gasteiger partial charge in [-0.2, -0.15) is 0 Å². The van der Waals surface area contributed by atoms with E-state index >= 15 is 0 Å². The number of alkyl carbamates (subject to hydrolysis) is 1. The van der Waals surface area contributed by atoms with Crippen LogP contribution in [0.1, 0.15) is 0 Å². The Morgan fingerprint density at radius 2 is 2.70 bits per heavy atom. The predicted octanol–water partition coefficient (Wildman–Crippen LogP) is 1.11. The van der Waals surface area contributed by atoms with Crippen LogP contribution in [0.2, 0.25) is 0 Å². The molecule has 1 atom stereocenters. The van der Waals surface area contributed by atoms with Crippen LogP contribution in [0.5, 0.6) is 0 Å². The molecule has 0 radical (unpaired) electrons. The average Bonchev–Trinajstić information content (AvgIpc) is 2.31. The van der Waals surface area contributed by atoms with Crippen molar-refractivity contribution in [1.29, 1.82) is 0 Å². The standard InChI is InChI=1S/C5H9NO2S2/c1-9-10-3-4-2-6-5(7)8-4/h4H,2-3H2,1H3,(H,6,7). The summed E-state index contributed by atoms with van der Waals surface area (Å²) in [7, 11) is 3.39. The Balaban J connectivity index is 2.12. The van der Waals surface area contributed by atoms with E-state index in [4.69, 9.17) is 4.74 Å². The minimum atomic E-state index is -0.285. The maximum atomic E-state index is 10.5. The Hall–Kier alpha value is -0.0300. The van der Waals surface area contributed by atoms with E-state index in [1.165, 1.54) is 0 Å². The first-order valence-electron chi connectivity index (χ1n) is 2.93. The van der Waals surface area contributed by atoms with Gasteiger partial charge in [0.15, 0.2) is 0 Å². The number of ether oxygens (including phenoxy) is 1. The summed E-state index contributed by atoms with van der Waals surface area (Å²) in [6.07, 6.45) is 1.80. The van der Waals surface area contributed by atoms with Crippen molar-refractivity contribution in [2.24, 2.45) is 0 Å². The highest BCUT2D eigenvalue weighted by Gasteiger charge is 2.21. The summed E-state index contributed by atoms with van der Waals surface area (Å²) in [5.74, 6) is 0.875. The molecule has 1 saturated heterocycles. The zero-order valence-corrected chi connectivity index (χ0v) is 7.26. The SMILES string of the molecule is CSSCC1CNC(=O)O1. The van der Waals surface area contributed by atoms with Gasteiger partial charge < -0.3 is 10.1 Å². The second-order valence-corrected chi connectivity index (χ2v) is 4.47. The number of hydrogen-bond acceptors (Lipinski definition) is 4. The van der Waals surface area contributed by atoms with Gasteiger partial charge in [0.25, 0.3) is 0 Å². The summed E-state index contributed by atoms with van der Waals surface area (Å²) >= 11 is 0. The molecule has 1 aliphatic heterocycles. The highest BCUT2D eigenvalue weighted by Crippen LogP contribution is 2.19. The van der Waals surface area contributed by atoms with Crippen LogP contribution in [-0.2, 0) is 4.74 Å². The van der Waals surface area contributed by atoms with E-state index < -0.39 is 0 Å². The topological polar surface area (TPSA) is 38.3 Å². The van der Waals surface area contributed by atoms with Crippen LogP contribution in [0, 0.1) is 0 Å². The Morgan fingerprint density at radius 3 is 3.20 bits per heavy atom. The number of carbonyl (C=O) groups excluding carboxylic acids is 1. The van der Waals surface area contributed by atoms with Gasteiger partial charge in [-0.05, 0) is 6.26 Å². The fraction of sp³-hybridized carbons (Fsp3) is 0.800. The fourth-order valence-corrected chi connectivity index (χ4v) is 2.01. The minimum absolute atomic E-state index is 0.0740. The van der Waals surface area contributed by atoms with E-state index in [2.05, 4.69) is 5.32 Å². The lowest BCUT2D eigenvalue weighted by Crippen LogP contribution is -2.16. The quantitative estimate of drug-likeness (QED) is 0.659. The van der Waals surface area contributed by atoms with Crippen molar-refractivity contribution < 1.29 is 9.53 Å². The second kappa shape index (κ2) is 3.98. The molecule has 0 saturated carbocycles. The van der Waals surface area contributed by atoms with Gasteiger partial charge >= 0.3 is 6.09 Å². The van der Waals surface area contributed by atoms with Crippen LogP contribution in [-0.4, -0.2) is 30.8 Å². The maximum Gasteiger partial charge on any atom is 0.407 e. The Morgan fingerprint density at radius 1 is 1.90 bits per heavy atom. The molecule has 0 spiro atoms. The van der Waals surface area contributed by atoms with E-state index in [1.807, 2.05) is 6.26 Å². The van der Waals surface area contributed by atoms with Crippen molar-refractivity contribution in [3.63, 3.8) is 0 Å². The highest BCUT2D eigenvalue weighted by molar-refractivity contribution is 8.76. The summed E-state index contributed by atoms with van der Waals surface area (Å²) < 4.78 is 4.88. The lowest BCUT2D eigenvalue weighted by Gasteiger charge is -2.03. The third-order valence-electron chi connectivity index (χ3n) is 1.12. The van der Waals surface area contributed by atoms with E-state index in [0.717, 1.165) is 5.75 Å². The number of rotatable bonds is 3. The summed E-state index contributed by atoms with van der Waals surface area (Å²) in [6, 6.07) is 0. The molecule has 0 aromatic rings. The first-order valence-corrected chi connectivity index (χ1v) is 5.65. The highest BCUT2D eigenvalue weighted by atomic mass is 33.1. The molecule has 1 rings (SSSR count). The van der Waals surface area contributed by atoms with Crippen LogP contribution in [0.3, 0.4) is 0 Å². The van der Waals surface area contributed by atoms with E-state index in [9.17, 15) is 4.79 Å². The van der Waals surface area contributed by atoms with Crippen LogP contribution < -0.4 is 5.32 Å². The molecular formula is C5H9NO2S2.